The van der Waals surface area contributed by atoms with Crippen molar-refractivity contribution in [3.05, 3.63) is 46.5 Å². The van der Waals surface area contributed by atoms with Crippen molar-refractivity contribution in [2.75, 3.05) is 20.6 Å². The van der Waals surface area contributed by atoms with E-state index in [0.29, 0.717) is 13.1 Å². The zero-order valence-corrected chi connectivity index (χ0v) is 13.4. The van der Waals surface area contributed by atoms with Gasteiger partial charge in [-0.1, -0.05) is 6.07 Å². The van der Waals surface area contributed by atoms with Crippen molar-refractivity contribution in [1.82, 2.24) is 15.5 Å². The minimum atomic E-state index is -0.644. The molecule has 2 aromatic heterocycles. The molecule has 0 aliphatic heterocycles. The van der Waals surface area contributed by atoms with Gasteiger partial charge in [0.15, 0.2) is 0 Å². The number of rotatable bonds is 6. The second-order valence-electron chi connectivity index (χ2n) is 4.97. The predicted molar refractivity (Wildman–Crippen MR) is 84.3 cm³/mol. The van der Waals surface area contributed by atoms with E-state index in [-0.39, 0.29) is 6.04 Å². The first-order chi connectivity index (χ1) is 10.6. The SMILES string of the molecule is CN(C)[C@H](CNC(=O)C(=O)NCc1cccs1)c1ccco1. The number of carbonyl (C=O) groups is 2. The molecule has 1 atom stereocenters. The summed E-state index contributed by atoms with van der Waals surface area (Å²) in [4.78, 5) is 26.5. The fraction of sp³-hybridized carbons (Fsp3) is 0.333. The van der Waals surface area contributed by atoms with Crippen molar-refractivity contribution in [1.29, 1.82) is 0 Å². The third kappa shape index (κ3) is 4.44. The number of hydrogen-bond donors (Lipinski definition) is 2. The van der Waals surface area contributed by atoms with E-state index in [1.165, 1.54) is 11.3 Å². The van der Waals surface area contributed by atoms with Crippen LogP contribution in [0.25, 0.3) is 0 Å². The summed E-state index contributed by atoms with van der Waals surface area (Å²) in [5, 5.41) is 7.15. The van der Waals surface area contributed by atoms with Crippen LogP contribution in [-0.4, -0.2) is 37.4 Å². The molecule has 7 heteroatoms. The standard InChI is InChI=1S/C15H19N3O3S/c1-18(2)12(13-6-3-7-21-13)10-17-15(20)14(19)16-9-11-5-4-8-22-11/h3-8,12H,9-10H2,1-2H3,(H,16,19)(H,17,20)/t12-/m1/s1. The maximum atomic E-state index is 11.8. The van der Waals surface area contributed by atoms with Crippen molar-refractivity contribution in [2.24, 2.45) is 0 Å². The second-order valence-corrected chi connectivity index (χ2v) is 6.00. The summed E-state index contributed by atoms with van der Waals surface area (Å²) in [6.07, 6.45) is 1.58. The highest BCUT2D eigenvalue weighted by Crippen LogP contribution is 2.17. The maximum absolute atomic E-state index is 11.8. The average Bonchev–Trinajstić information content (AvgIpc) is 3.17. The highest BCUT2D eigenvalue weighted by atomic mass is 32.1. The Hall–Kier alpha value is -2.12. The molecule has 0 radical (unpaired) electrons. The zero-order chi connectivity index (χ0) is 15.9. The van der Waals surface area contributed by atoms with Crippen LogP contribution < -0.4 is 10.6 Å². The van der Waals surface area contributed by atoms with Crippen molar-refractivity contribution in [3.63, 3.8) is 0 Å². The largest absolute Gasteiger partial charge is 0.468 e. The van der Waals surface area contributed by atoms with Crippen molar-refractivity contribution < 1.29 is 14.0 Å². The normalized spacial score (nSPS) is 12.1. The van der Waals surface area contributed by atoms with Gasteiger partial charge in [-0.15, -0.1) is 11.3 Å². The molecule has 0 aliphatic carbocycles. The van der Waals surface area contributed by atoms with Gasteiger partial charge in [-0.05, 0) is 37.7 Å². The van der Waals surface area contributed by atoms with E-state index in [2.05, 4.69) is 10.6 Å². The molecule has 2 heterocycles. The Kier molecular flexibility index (Phi) is 5.74. The molecule has 0 fully saturated rings. The third-order valence-electron chi connectivity index (χ3n) is 3.16. The van der Waals surface area contributed by atoms with E-state index >= 15 is 0 Å². The fourth-order valence-electron chi connectivity index (χ4n) is 1.95. The Bertz CT molecular complexity index is 594. The Morgan fingerprint density at radius 1 is 1.23 bits per heavy atom. The first-order valence-corrected chi connectivity index (χ1v) is 7.74. The number of nitrogens with zero attached hydrogens (tertiary/aromatic N) is 1. The van der Waals surface area contributed by atoms with Crippen LogP contribution in [-0.2, 0) is 16.1 Å². The van der Waals surface area contributed by atoms with Crippen LogP contribution in [0.3, 0.4) is 0 Å². The summed E-state index contributed by atoms with van der Waals surface area (Å²) in [5.74, 6) is -0.537. The molecule has 0 aromatic carbocycles. The summed E-state index contributed by atoms with van der Waals surface area (Å²) >= 11 is 1.53. The molecule has 0 bridgehead atoms. The molecule has 0 aliphatic rings. The lowest BCUT2D eigenvalue weighted by Gasteiger charge is -2.22. The number of nitrogens with one attached hydrogen (secondary N) is 2. The summed E-state index contributed by atoms with van der Waals surface area (Å²) < 4.78 is 5.35. The van der Waals surface area contributed by atoms with Gasteiger partial charge in [-0.25, -0.2) is 0 Å². The van der Waals surface area contributed by atoms with Gasteiger partial charge >= 0.3 is 11.8 Å². The van der Waals surface area contributed by atoms with Crippen LogP contribution in [0.4, 0.5) is 0 Å². The lowest BCUT2D eigenvalue weighted by atomic mass is 10.2. The molecule has 6 nitrogen and oxygen atoms in total. The Morgan fingerprint density at radius 2 is 2.00 bits per heavy atom. The van der Waals surface area contributed by atoms with Crippen LogP contribution in [0.1, 0.15) is 16.7 Å². The maximum Gasteiger partial charge on any atom is 0.309 e. The van der Waals surface area contributed by atoms with Gasteiger partial charge in [0.1, 0.15) is 5.76 Å². The number of likely N-dealkylation sites (N-methyl/N-ethyl adjacent to an activating group) is 1. The quantitative estimate of drug-likeness (QED) is 0.788. The van der Waals surface area contributed by atoms with Crippen LogP contribution in [0.5, 0.6) is 0 Å². The molecule has 2 amide bonds. The van der Waals surface area contributed by atoms with Crippen LogP contribution >= 0.6 is 11.3 Å². The van der Waals surface area contributed by atoms with E-state index in [0.717, 1.165) is 10.6 Å². The summed E-state index contributed by atoms with van der Waals surface area (Å²) in [7, 11) is 3.77. The summed E-state index contributed by atoms with van der Waals surface area (Å²) in [6.45, 7) is 0.658. The zero-order valence-electron chi connectivity index (χ0n) is 12.5. The van der Waals surface area contributed by atoms with E-state index in [1.54, 1.807) is 12.3 Å². The van der Waals surface area contributed by atoms with Crippen molar-refractivity contribution >= 4 is 23.2 Å². The minimum absolute atomic E-state index is 0.121. The lowest BCUT2D eigenvalue weighted by Crippen LogP contribution is -2.42. The molecule has 22 heavy (non-hydrogen) atoms. The predicted octanol–water partition coefficient (Wildman–Crippen LogP) is 1.38. The van der Waals surface area contributed by atoms with Crippen LogP contribution in [0, 0.1) is 0 Å². The first kappa shape index (κ1) is 16.3. The van der Waals surface area contributed by atoms with E-state index in [4.69, 9.17) is 4.42 Å². The number of thiophene rings is 1. The van der Waals surface area contributed by atoms with E-state index < -0.39 is 11.8 Å². The summed E-state index contributed by atoms with van der Waals surface area (Å²) in [5.41, 5.74) is 0. The van der Waals surface area contributed by atoms with Crippen molar-refractivity contribution in [2.45, 2.75) is 12.6 Å². The molecule has 0 unspecified atom stereocenters. The molecule has 0 saturated heterocycles. The van der Waals surface area contributed by atoms with Gasteiger partial charge in [0.05, 0.1) is 18.8 Å². The third-order valence-corrected chi connectivity index (χ3v) is 4.04. The fourth-order valence-corrected chi connectivity index (χ4v) is 2.59. The number of furan rings is 1. The molecular weight excluding hydrogens is 302 g/mol. The lowest BCUT2D eigenvalue weighted by molar-refractivity contribution is -0.139. The van der Waals surface area contributed by atoms with Crippen molar-refractivity contribution in [3.8, 4) is 0 Å². The van der Waals surface area contributed by atoms with Gasteiger partial charge in [-0.3, -0.25) is 14.5 Å². The van der Waals surface area contributed by atoms with Gasteiger partial charge in [0.2, 0.25) is 0 Å². The molecule has 2 N–H and O–H groups in total. The molecule has 2 aromatic rings. The van der Waals surface area contributed by atoms with Gasteiger partial charge in [0.25, 0.3) is 0 Å². The van der Waals surface area contributed by atoms with Crippen LogP contribution in [0.2, 0.25) is 0 Å². The molecule has 0 saturated carbocycles. The molecule has 2 rings (SSSR count). The molecular formula is C15H19N3O3S. The van der Waals surface area contributed by atoms with E-state index in [9.17, 15) is 9.59 Å². The Balaban J connectivity index is 1.81. The van der Waals surface area contributed by atoms with Gasteiger partial charge in [0, 0.05) is 11.4 Å². The monoisotopic (exact) mass is 321 g/mol. The molecule has 0 spiro atoms. The summed E-state index contributed by atoms with van der Waals surface area (Å²) in [6, 6.07) is 7.32. The highest BCUT2D eigenvalue weighted by Gasteiger charge is 2.20. The topological polar surface area (TPSA) is 74.6 Å². The first-order valence-electron chi connectivity index (χ1n) is 6.86. The Labute approximate surface area is 133 Å². The van der Waals surface area contributed by atoms with Gasteiger partial charge < -0.3 is 15.1 Å². The smallest absolute Gasteiger partial charge is 0.309 e. The average molecular weight is 321 g/mol. The van der Waals surface area contributed by atoms with E-state index in [1.807, 2.05) is 42.6 Å². The molecule has 118 valence electrons. The minimum Gasteiger partial charge on any atom is -0.468 e. The van der Waals surface area contributed by atoms with Crippen LogP contribution in [0.15, 0.2) is 40.3 Å². The number of carbonyl (C=O) groups excluding carboxylic acids is 2. The number of amides is 2. The Morgan fingerprint density at radius 3 is 2.59 bits per heavy atom. The highest BCUT2D eigenvalue weighted by molar-refractivity contribution is 7.09. The number of hydrogen-bond acceptors (Lipinski definition) is 5. The van der Waals surface area contributed by atoms with Gasteiger partial charge in [-0.2, -0.15) is 0 Å². The second kappa shape index (κ2) is 7.77.